The molecule has 0 saturated carbocycles. The molecular formula is C36H64B2N4O4. The molecule has 0 aromatic heterocycles. The summed E-state index contributed by atoms with van der Waals surface area (Å²) in [6.07, 6.45) is 13.9. The Balaban J connectivity index is 0.000000260. The molecule has 2 aliphatic rings. The van der Waals surface area contributed by atoms with Gasteiger partial charge in [-0.15, -0.1) is 0 Å². The van der Waals surface area contributed by atoms with Gasteiger partial charge in [-0.25, -0.2) is 0 Å². The van der Waals surface area contributed by atoms with E-state index in [-0.39, 0.29) is 11.6 Å². The highest BCUT2D eigenvalue weighted by molar-refractivity contribution is 6.41. The quantitative estimate of drug-likeness (QED) is 0.107. The lowest BCUT2D eigenvalue weighted by atomic mass is 9.75. The molecule has 2 fully saturated rings. The fourth-order valence-electron chi connectivity index (χ4n) is 7.39. The average molecular weight is 639 g/mol. The van der Waals surface area contributed by atoms with E-state index < -0.39 is 14.2 Å². The SMILES string of the molecule is CCCCN1CCC(C(C)(N)CCCCB(O)O)CC1.NC(CCCCB(O)O)C1CCN(Cc2cccc3ccccc23)CC1. The van der Waals surface area contributed by atoms with Gasteiger partial charge in [-0.3, -0.25) is 4.90 Å². The van der Waals surface area contributed by atoms with Crippen LogP contribution in [0.5, 0.6) is 0 Å². The Morgan fingerprint density at radius 3 is 2.07 bits per heavy atom. The molecule has 2 aromatic rings. The Bertz CT molecular complexity index is 1090. The topological polar surface area (TPSA) is 139 Å². The average Bonchev–Trinajstić information content (AvgIpc) is 3.05. The van der Waals surface area contributed by atoms with Crippen molar-refractivity contribution in [3.63, 3.8) is 0 Å². The van der Waals surface area contributed by atoms with Crippen molar-refractivity contribution in [2.75, 3.05) is 32.7 Å². The molecule has 46 heavy (non-hydrogen) atoms. The van der Waals surface area contributed by atoms with Gasteiger partial charge in [0.1, 0.15) is 0 Å². The van der Waals surface area contributed by atoms with Crippen LogP contribution in [0, 0.1) is 11.8 Å². The first-order valence-corrected chi connectivity index (χ1v) is 18.3. The lowest BCUT2D eigenvalue weighted by molar-refractivity contribution is 0.129. The molecule has 8 nitrogen and oxygen atoms in total. The summed E-state index contributed by atoms with van der Waals surface area (Å²) in [6.45, 7) is 11.3. The molecular weight excluding hydrogens is 574 g/mol. The van der Waals surface area contributed by atoms with Crippen molar-refractivity contribution in [2.24, 2.45) is 23.3 Å². The van der Waals surface area contributed by atoms with Crippen molar-refractivity contribution < 1.29 is 20.1 Å². The van der Waals surface area contributed by atoms with Crippen molar-refractivity contribution in [1.82, 2.24) is 9.80 Å². The van der Waals surface area contributed by atoms with Crippen LogP contribution in [0.25, 0.3) is 10.8 Å². The molecule has 10 heteroatoms. The first-order valence-electron chi connectivity index (χ1n) is 18.3. The molecule has 0 bridgehead atoms. The third-order valence-corrected chi connectivity index (χ3v) is 10.5. The van der Waals surface area contributed by atoms with Crippen LogP contribution in [-0.2, 0) is 6.54 Å². The van der Waals surface area contributed by atoms with Crippen molar-refractivity contribution in [2.45, 2.75) is 122 Å². The molecule has 8 N–H and O–H groups in total. The van der Waals surface area contributed by atoms with Crippen LogP contribution in [0.15, 0.2) is 42.5 Å². The van der Waals surface area contributed by atoms with Gasteiger partial charge in [0.2, 0.25) is 0 Å². The highest BCUT2D eigenvalue weighted by Crippen LogP contribution is 2.31. The molecule has 0 radical (unpaired) electrons. The second-order valence-electron chi connectivity index (χ2n) is 14.4. The lowest BCUT2D eigenvalue weighted by Crippen LogP contribution is -2.49. The predicted molar refractivity (Wildman–Crippen MR) is 194 cm³/mol. The Hall–Kier alpha value is -1.49. The second-order valence-corrected chi connectivity index (χ2v) is 14.4. The first-order chi connectivity index (χ1) is 22.1. The molecule has 2 saturated heterocycles. The van der Waals surface area contributed by atoms with Crippen LogP contribution >= 0.6 is 0 Å². The fourth-order valence-corrected chi connectivity index (χ4v) is 7.39. The first kappa shape index (κ1) is 39.0. The number of hydrogen-bond acceptors (Lipinski definition) is 8. The van der Waals surface area contributed by atoms with E-state index in [0.29, 0.717) is 24.5 Å². The number of rotatable bonds is 17. The van der Waals surface area contributed by atoms with E-state index in [9.17, 15) is 0 Å². The molecule has 2 aliphatic heterocycles. The second kappa shape index (κ2) is 20.8. The minimum absolute atomic E-state index is 0.0999. The number of fused-ring (bicyclic) bond motifs is 1. The Kier molecular flexibility index (Phi) is 17.6. The summed E-state index contributed by atoms with van der Waals surface area (Å²) in [5, 5.41) is 38.2. The Morgan fingerprint density at radius 1 is 0.804 bits per heavy atom. The van der Waals surface area contributed by atoms with E-state index in [0.717, 1.165) is 71.0 Å². The zero-order valence-corrected chi connectivity index (χ0v) is 28.9. The number of piperidine rings is 2. The maximum atomic E-state index is 8.90. The largest absolute Gasteiger partial charge is 0.451 e. The molecule has 2 unspecified atom stereocenters. The zero-order chi connectivity index (χ0) is 33.4. The minimum Gasteiger partial charge on any atom is -0.427 e. The number of hydrogen-bond donors (Lipinski definition) is 6. The van der Waals surface area contributed by atoms with E-state index in [1.54, 1.807) is 0 Å². The molecule has 0 amide bonds. The number of likely N-dealkylation sites (tertiary alicyclic amines) is 2. The number of benzene rings is 2. The van der Waals surface area contributed by atoms with E-state index >= 15 is 0 Å². The van der Waals surface area contributed by atoms with E-state index in [4.69, 9.17) is 31.6 Å². The molecule has 0 spiro atoms. The van der Waals surface area contributed by atoms with Gasteiger partial charge in [0.05, 0.1) is 0 Å². The zero-order valence-electron chi connectivity index (χ0n) is 28.9. The van der Waals surface area contributed by atoms with Gasteiger partial charge in [0.15, 0.2) is 0 Å². The highest BCUT2D eigenvalue weighted by atomic mass is 16.4. The molecule has 258 valence electrons. The van der Waals surface area contributed by atoms with Gasteiger partial charge < -0.3 is 36.5 Å². The third kappa shape index (κ3) is 13.9. The minimum atomic E-state index is -1.18. The lowest BCUT2D eigenvalue weighted by Gasteiger charge is -2.40. The van der Waals surface area contributed by atoms with Crippen LogP contribution in [0.1, 0.15) is 96.5 Å². The number of unbranched alkanes of at least 4 members (excludes halogenated alkanes) is 3. The summed E-state index contributed by atoms with van der Waals surface area (Å²) in [6, 6.07) is 15.4. The summed E-state index contributed by atoms with van der Waals surface area (Å²) in [7, 11) is -2.34. The number of nitrogens with two attached hydrogens (primary N) is 2. The smallest absolute Gasteiger partial charge is 0.427 e. The molecule has 4 rings (SSSR count). The highest BCUT2D eigenvalue weighted by Gasteiger charge is 2.32. The molecule has 2 heterocycles. The summed E-state index contributed by atoms with van der Waals surface area (Å²) < 4.78 is 0. The monoisotopic (exact) mass is 639 g/mol. The Morgan fingerprint density at radius 2 is 1.41 bits per heavy atom. The van der Waals surface area contributed by atoms with Crippen molar-refractivity contribution >= 4 is 25.0 Å². The normalized spacial score (nSPS) is 19.0. The van der Waals surface area contributed by atoms with Crippen LogP contribution in [-0.4, -0.2) is 88.4 Å². The molecule has 2 aromatic carbocycles. The van der Waals surface area contributed by atoms with Crippen LogP contribution in [0.3, 0.4) is 0 Å². The van der Waals surface area contributed by atoms with E-state index in [1.165, 1.54) is 61.7 Å². The van der Waals surface area contributed by atoms with Crippen molar-refractivity contribution in [1.29, 1.82) is 0 Å². The molecule has 2 atom stereocenters. The van der Waals surface area contributed by atoms with E-state index in [2.05, 4.69) is 66.1 Å². The van der Waals surface area contributed by atoms with Gasteiger partial charge in [-0.1, -0.05) is 81.5 Å². The summed E-state index contributed by atoms with van der Waals surface area (Å²) >= 11 is 0. The predicted octanol–water partition coefficient (Wildman–Crippen LogP) is 4.88. The van der Waals surface area contributed by atoms with Crippen LogP contribution in [0.4, 0.5) is 0 Å². The van der Waals surface area contributed by atoms with Gasteiger partial charge in [-0.05, 0) is 125 Å². The van der Waals surface area contributed by atoms with E-state index in [1.807, 2.05) is 0 Å². The maximum absolute atomic E-state index is 8.90. The third-order valence-electron chi connectivity index (χ3n) is 10.5. The van der Waals surface area contributed by atoms with Crippen LogP contribution < -0.4 is 11.5 Å². The summed E-state index contributed by atoms with van der Waals surface area (Å²) in [5.74, 6) is 1.21. The van der Waals surface area contributed by atoms with Gasteiger partial charge >= 0.3 is 14.2 Å². The van der Waals surface area contributed by atoms with Crippen LogP contribution in [0.2, 0.25) is 12.6 Å². The number of nitrogens with zero attached hydrogens (tertiary/aromatic N) is 2. The standard InChI is InChI=1S/C21H31BN2O2.C15H33BN2O2/c23-21(10-3-4-13-22(25)26)18-11-14-24(15-12-18)16-19-8-5-7-17-6-1-2-9-20(17)19;1-3-4-11-18-12-7-14(8-13-18)15(2,17)9-5-6-10-16(19)20/h1-2,5-9,18,21,25-26H,3-4,10-16,23H2;14,19-20H,3-13,17H2,1-2H3. The van der Waals surface area contributed by atoms with Gasteiger partial charge in [-0.2, -0.15) is 0 Å². The fraction of sp³-hybridized carbons (Fsp3) is 0.722. The summed E-state index contributed by atoms with van der Waals surface area (Å²) in [4.78, 5) is 5.12. The molecule has 0 aliphatic carbocycles. The summed E-state index contributed by atoms with van der Waals surface area (Å²) in [5.41, 5.74) is 14.2. The van der Waals surface area contributed by atoms with Crippen molar-refractivity contribution in [3.05, 3.63) is 48.0 Å². The van der Waals surface area contributed by atoms with Gasteiger partial charge in [0.25, 0.3) is 0 Å². The Labute approximate surface area is 280 Å². The maximum Gasteiger partial charge on any atom is 0.451 e. The van der Waals surface area contributed by atoms with Crippen molar-refractivity contribution in [3.8, 4) is 0 Å². The van der Waals surface area contributed by atoms with Gasteiger partial charge in [0, 0.05) is 18.1 Å².